The molecule has 5 rings (SSSR count). The highest BCUT2D eigenvalue weighted by Gasteiger charge is 2.40. The van der Waals surface area contributed by atoms with E-state index >= 15 is 0 Å². The minimum absolute atomic E-state index is 0.0461. The Kier molecular flexibility index (Phi) is 9.19. The van der Waals surface area contributed by atoms with Gasteiger partial charge in [-0.25, -0.2) is 14.6 Å². The molecule has 2 N–H and O–H groups in total. The van der Waals surface area contributed by atoms with Gasteiger partial charge in [-0.2, -0.15) is 0 Å². The number of ether oxygens (including phenoxy) is 3. The Morgan fingerprint density at radius 1 is 1.15 bits per heavy atom. The maximum atomic E-state index is 13.1. The Labute approximate surface area is 241 Å². The number of carboxylic acid groups (broad SMARTS) is 2. The molecule has 11 nitrogen and oxygen atoms in total. The van der Waals surface area contributed by atoms with Gasteiger partial charge >= 0.3 is 11.9 Å². The number of aromatic nitrogens is 2. The van der Waals surface area contributed by atoms with Crippen LogP contribution < -0.4 is 19.8 Å². The zero-order valence-electron chi connectivity index (χ0n) is 23.2. The summed E-state index contributed by atoms with van der Waals surface area (Å²) in [5, 5.41) is 16.1. The molecule has 0 bridgehead atoms. The molecular weight excluding hydrogens is 554 g/mol. The average molecular weight is 586 g/mol. The molecule has 0 spiro atoms. The lowest BCUT2D eigenvalue weighted by molar-refractivity contribution is -0.134. The third-order valence-corrected chi connectivity index (χ3v) is 7.60. The minimum atomic E-state index is -1.26. The number of aliphatic carboxylic acids is 2. The SMILES string of the molecule is COc1cc2c(c(OC)c1C)OC[C@@H]1CN(CCc3c(C)nc4ccc(Cl)cn4c3=O)C[C@H]21.O=C(O)/C=C/C(=O)O. The lowest BCUT2D eigenvalue weighted by Crippen LogP contribution is -2.28. The van der Waals surface area contributed by atoms with Crippen molar-refractivity contribution in [2.45, 2.75) is 26.2 Å². The fourth-order valence-corrected chi connectivity index (χ4v) is 5.59. The third kappa shape index (κ3) is 6.47. The van der Waals surface area contributed by atoms with Gasteiger partial charge in [0.25, 0.3) is 5.56 Å². The first kappa shape index (κ1) is 29.9. The molecule has 41 heavy (non-hydrogen) atoms. The summed E-state index contributed by atoms with van der Waals surface area (Å²) >= 11 is 6.10. The molecule has 1 fully saturated rings. The maximum Gasteiger partial charge on any atom is 0.328 e. The van der Waals surface area contributed by atoms with Crippen LogP contribution in [0.1, 0.15) is 28.3 Å². The van der Waals surface area contributed by atoms with Gasteiger partial charge in [-0.05, 0) is 38.5 Å². The van der Waals surface area contributed by atoms with Crippen molar-refractivity contribution in [1.82, 2.24) is 14.3 Å². The van der Waals surface area contributed by atoms with Gasteiger partial charge in [0.2, 0.25) is 0 Å². The number of hydrogen-bond donors (Lipinski definition) is 2. The van der Waals surface area contributed by atoms with Crippen LogP contribution in [-0.4, -0.2) is 76.9 Å². The normalized spacial score (nSPS) is 17.8. The summed E-state index contributed by atoms with van der Waals surface area (Å²) < 4.78 is 19.0. The number of fused-ring (bicyclic) bond motifs is 4. The molecule has 0 saturated carbocycles. The number of nitrogens with zero attached hydrogens (tertiary/aromatic N) is 3. The van der Waals surface area contributed by atoms with Crippen molar-refractivity contribution in [2.75, 3.05) is 40.5 Å². The van der Waals surface area contributed by atoms with Gasteiger partial charge < -0.3 is 29.3 Å². The zero-order valence-corrected chi connectivity index (χ0v) is 24.0. The van der Waals surface area contributed by atoms with E-state index in [2.05, 4.69) is 16.0 Å². The molecule has 0 unspecified atom stereocenters. The summed E-state index contributed by atoms with van der Waals surface area (Å²) in [6, 6.07) is 5.62. The van der Waals surface area contributed by atoms with Gasteiger partial charge in [-0.15, -0.1) is 0 Å². The number of rotatable bonds is 7. The van der Waals surface area contributed by atoms with Crippen LogP contribution in [0.15, 0.2) is 41.3 Å². The highest BCUT2D eigenvalue weighted by Crippen LogP contribution is 2.49. The second kappa shape index (κ2) is 12.6. The second-order valence-electron chi connectivity index (χ2n) is 9.91. The van der Waals surface area contributed by atoms with Crippen LogP contribution in [-0.2, 0) is 16.0 Å². The van der Waals surface area contributed by atoms with E-state index in [1.165, 1.54) is 0 Å². The van der Waals surface area contributed by atoms with Gasteiger partial charge in [0.05, 0.1) is 25.8 Å². The number of benzene rings is 1. The number of aryl methyl sites for hydroxylation is 1. The van der Waals surface area contributed by atoms with E-state index in [0.29, 0.717) is 47.7 Å². The fraction of sp³-hybridized carbons (Fsp3) is 0.379. The molecular formula is C29H32ClN3O8. The Morgan fingerprint density at radius 2 is 1.85 bits per heavy atom. The first-order chi connectivity index (χ1) is 19.5. The van der Waals surface area contributed by atoms with E-state index in [4.69, 9.17) is 36.0 Å². The highest BCUT2D eigenvalue weighted by molar-refractivity contribution is 6.30. The van der Waals surface area contributed by atoms with Gasteiger partial charge in [0.1, 0.15) is 11.4 Å². The number of methoxy groups -OCH3 is 2. The Morgan fingerprint density at radius 3 is 2.49 bits per heavy atom. The van der Waals surface area contributed by atoms with Crippen molar-refractivity contribution in [3.05, 3.63) is 74.3 Å². The van der Waals surface area contributed by atoms with E-state index in [1.807, 2.05) is 13.8 Å². The van der Waals surface area contributed by atoms with Crippen LogP contribution in [0, 0.1) is 19.8 Å². The molecule has 3 aromatic rings. The largest absolute Gasteiger partial charge is 0.496 e. The van der Waals surface area contributed by atoms with E-state index < -0.39 is 11.9 Å². The lowest BCUT2D eigenvalue weighted by atomic mass is 9.86. The van der Waals surface area contributed by atoms with Gasteiger partial charge in [-0.1, -0.05) is 11.6 Å². The Bertz CT molecular complexity index is 1550. The number of hydrogen-bond acceptors (Lipinski definition) is 8. The molecule has 1 saturated heterocycles. The number of carbonyl (C=O) groups is 2. The van der Waals surface area contributed by atoms with Crippen LogP contribution in [0.4, 0.5) is 0 Å². The molecule has 0 amide bonds. The standard InChI is InChI=1S/C25H28ClN3O4.C4H4O4/c1-14-21(31-3)9-19-20-12-28(10-16(20)13-33-24(19)23(14)32-4)8-7-18-15(2)27-22-6-5-17(26)11-29(22)25(18)30;5-3(6)1-2-4(7)8/h5-6,9,11,16,20H,7-8,10,12-13H2,1-4H3;1-2H,(H,5,6)(H,7,8)/b;2-1+/t16-,20-;/m0./s1. The zero-order chi connectivity index (χ0) is 29.8. The predicted molar refractivity (Wildman–Crippen MR) is 152 cm³/mol. The van der Waals surface area contributed by atoms with Crippen LogP contribution >= 0.6 is 11.6 Å². The van der Waals surface area contributed by atoms with Crippen LogP contribution in [0.25, 0.3) is 5.65 Å². The summed E-state index contributed by atoms with van der Waals surface area (Å²) in [7, 11) is 3.35. The van der Waals surface area contributed by atoms with Crippen molar-refractivity contribution in [2.24, 2.45) is 5.92 Å². The quantitative estimate of drug-likeness (QED) is 0.397. The van der Waals surface area contributed by atoms with Crippen molar-refractivity contribution in [3.8, 4) is 17.2 Å². The molecule has 12 heteroatoms. The summed E-state index contributed by atoms with van der Waals surface area (Å²) in [6.07, 6.45) is 3.39. The summed E-state index contributed by atoms with van der Waals surface area (Å²) in [5.74, 6) is 0.630. The van der Waals surface area contributed by atoms with Crippen molar-refractivity contribution >= 4 is 29.2 Å². The molecule has 4 heterocycles. The molecule has 218 valence electrons. The molecule has 0 radical (unpaired) electrons. The summed E-state index contributed by atoms with van der Waals surface area (Å²) in [6.45, 7) is 7.17. The topological polar surface area (TPSA) is 140 Å². The molecule has 2 aromatic heterocycles. The van der Waals surface area contributed by atoms with Crippen LogP contribution in [0.3, 0.4) is 0 Å². The molecule has 1 aromatic carbocycles. The minimum Gasteiger partial charge on any atom is -0.496 e. The number of halogens is 1. The van der Waals surface area contributed by atoms with Gasteiger partial charge in [0.15, 0.2) is 11.5 Å². The van der Waals surface area contributed by atoms with E-state index in [0.717, 1.165) is 59.3 Å². The van der Waals surface area contributed by atoms with Crippen molar-refractivity contribution in [1.29, 1.82) is 0 Å². The molecule has 2 atom stereocenters. The van der Waals surface area contributed by atoms with Crippen LogP contribution in [0.2, 0.25) is 5.02 Å². The third-order valence-electron chi connectivity index (χ3n) is 7.38. The Balaban J connectivity index is 0.000000426. The molecule has 0 aliphatic carbocycles. The van der Waals surface area contributed by atoms with Gasteiger partial charge in [-0.3, -0.25) is 9.20 Å². The first-order valence-corrected chi connectivity index (χ1v) is 13.3. The monoisotopic (exact) mass is 585 g/mol. The highest BCUT2D eigenvalue weighted by atomic mass is 35.5. The predicted octanol–water partition coefficient (Wildman–Crippen LogP) is 3.34. The van der Waals surface area contributed by atoms with E-state index in [-0.39, 0.29) is 5.56 Å². The number of likely N-dealkylation sites (tertiary alicyclic amines) is 1. The summed E-state index contributed by atoms with van der Waals surface area (Å²) in [4.78, 5) is 39.2. The fourth-order valence-electron chi connectivity index (χ4n) is 5.43. The molecule has 2 aliphatic heterocycles. The van der Waals surface area contributed by atoms with Crippen molar-refractivity contribution < 1.29 is 34.0 Å². The first-order valence-electron chi connectivity index (χ1n) is 13.0. The van der Waals surface area contributed by atoms with Crippen molar-refractivity contribution in [3.63, 3.8) is 0 Å². The Hall–Kier alpha value is -4.09. The van der Waals surface area contributed by atoms with Crippen LogP contribution in [0.5, 0.6) is 17.2 Å². The number of pyridine rings is 1. The maximum absolute atomic E-state index is 13.1. The molecule has 2 aliphatic rings. The second-order valence-corrected chi connectivity index (χ2v) is 10.3. The average Bonchev–Trinajstić information content (AvgIpc) is 3.36. The van der Waals surface area contributed by atoms with Gasteiger partial charge in [0, 0.05) is 72.2 Å². The van der Waals surface area contributed by atoms with E-state index in [1.54, 1.807) is 36.9 Å². The number of carboxylic acids is 2. The summed E-state index contributed by atoms with van der Waals surface area (Å²) in [5.41, 5.74) is 4.18. The van der Waals surface area contributed by atoms with E-state index in [9.17, 15) is 14.4 Å². The smallest absolute Gasteiger partial charge is 0.328 e. The lowest BCUT2D eigenvalue weighted by Gasteiger charge is -2.30.